The van der Waals surface area contributed by atoms with Gasteiger partial charge >= 0.3 is 0 Å². The Labute approximate surface area is 170 Å². The molecule has 0 spiro atoms. The number of carbonyl (C=O) groups excluding carboxylic acids is 1. The van der Waals surface area contributed by atoms with Gasteiger partial charge in [-0.05, 0) is 74.9 Å². The Balaban J connectivity index is 1.62. The smallest absolute Gasteiger partial charge is 0.156 e. The highest BCUT2D eigenvalue weighted by Crippen LogP contribution is 2.40. The van der Waals surface area contributed by atoms with Crippen LogP contribution in [0.2, 0.25) is 0 Å². The Hall–Kier alpha value is -3.39. The number of ether oxygens (including phenoxy) is 1. The third-order valence-corrected chi connectivity index (χ3v) is 5.95. The van der Waals surface area contributed by atoms with Crippen LogP contribution in [0.25, 0.3) is 27.1 Å². The lowest BCUT2D eigenvalue weighted by Crippen LogP contribution is -2.12. The standard InChI is InChI=1S/C27H22O2/c1-29-23-12-10-18(11-13-23)20-14-21(16-22(28)15-20)27-17-19-6-2-3-7-24(19)25-8-4-5-9-26(25)27/h2-13,16-17,20H,14-15H2,1H3/t20-/m1/s1. The molecule has 0 N–H and O–H groups in total. The van der Waals surface area contributed by atoms with Crippen LogP contribution in [0.15, 0.2) is 84.9 Å². The SMILES string of the molecule is COc1ccc([C@H]2CC(=O)C=C(c3cc4ccccc4c4ccccc34)C2)cc1. The predicted octanol–water partition coefficient (Wildman–Crippen LogP) is 6.53. The molecule has 0 aromatic heterocycles. The van der Waals surface area contributed by atoms with Gasteiger partial charge in [-0.25, -0.2) is 0 Å². The molecule has 1 aliphatic carbocycles. The van der Waals surface area contributed by atoms with Crippen molar-refractivity contribution in [2.75, 3.05) is 7.11 Å². The molecule has 0 bridgehead atoms. The van der Waals surface area contributed by atoms with E-state index in [2.05, 4.69) is 66.7 Å². The van der Waals surface area contributed by atoms with E-state index in [4.69, 9.17) is 4.74 Å². The third-order valence-electron chi connectivity index (χ3n) is 5.95. The Kier molecular flexibility index (Phi) is 4.40. The summed E-state index contributed by atoms with van der Waals surface area (Å²) in [5, 5.41) is 4.91. The van der Waals surface area contributed by atoms with E-state index in [9.17, 15) is 4.79 Å². The van der Waals surface area contributed by atoms with Gasteiger partial charge in [0.15, 0.2) is 5.78 Å². The molecule has 2 nitrogen and oxygen atoms in total. The monoisotopic (exact) mass is 378 g/mol. The summed E-state index contributed by atoms with van der Waals surface area (Å²) in [6.07, 6.45) is 3.28. The summed E-state index contributed by atoms with van der Waals surface area (Å²) in [5.74, 6) is 1.23. The largest absolute Gasteiger partial charge is 0.497 e. The number of carbonyl (C=O) groups is 1. The van der Waals surface area contributed by atoms with E-state index in [-0.39, 0.29) is 11.7 Å². The topological polar surface area (TPSA) is 26.3 Å². The van der Waals surface area contributed by atoms with Crippen LogP contribution in [0.5, 0.6) is 5.75 Å². The number of ketones is 1. The Morgan fingerprint density at radius 3 is 2.24 bits per heavy atom. The minimum Gasteiger partial charge on any atom is -0.497 e. The van der Waals surface area contributed by atoms with Gasteiger partial charge in [0.05, 0.1) is 7.11 Å². The molecule has 142 valence electrons. The fraction of sp³-hybridized carbons (Fsp3) is 0.148. The molecule has 0 fully saturated rings. The van der Waals surface area contributed by atoms with Crippen LogP contribution in [0.4, 0.5) is 0 Å². The summed E-state index contributed by atoms with van der Waals surface area (Å²) < 4.78 is 5.28. The molecule has 0 amide bonds. The van der Waals surface area contributed by atoms with E-state index < -0.39 is 0 Å². The summed E-state index contributed by atoms with van der Waals surface area (Å²) in [7, 11) is 1.67. The first-order valence-electron chi connectivity index (χ1n) is 10.0. The van der Waals surface area contributed by atoms with Crippen molar-refractivity contribution in [3.05, 3.63) is 96.1 Å². The molecule has 0 saturated carbocycles. The fourth-order valence-electron chi connectivity index (χ4n) is 4.51. The van der Waals surface area contributed by atoms with Crippen molar-refractivity contribution < 1.29 is 9.53 Å². The van der Waals surface area contributed by atoms with Crippen LogP contribution in [-0.4, -0.2) is 12.9 Å². The van der Waals surface area contributed by atoms with Gasteiger partial charge in [0.2, 0.25) is 0 Å². The van der Waals surface area contributed by atoms with Crippen molar-refractivity contribution in [2.45, 2.75) is 18.8 Å². The highest BCUT2D eigenvalue weighted by Gasteiger charge is 2.24. The second kappa shape index (κ2) is 7.21. The van der Waals surface area contributed by atoms with Gasteiger partial charge in [0, 0.05) is 6.42 Å². The summed E-state index contributed by atoms with van der Waals surface area (Å²) in [6, 6.07) is 27.3. The molecule has 5 rings (SSSR count). The van der Waals surface area contributed by atoms with Crippen molar-refractivity contribution in [1.29, 1.82) is 0 Å². The average molecular weight is 378 g/mol. The van der Waals surface area contributed by atoms with Gasteiger partial charge < -0.3 is 4.74 Å². The molecule has 1 aliphatic rings. The van der Waals surface area contributed by atoms with Gasteiger partial charge in [-0.1, -0.05) is 60.7 Å². The molecule has 0 aliphatic heterocycles. The molecule has 0 heterocycles. The second-order valence-electron chi connectivity index (χ2n) is 7.71. The highest BCUT2D eigenvalue weighted by atomic mass is 16.5. The summed E-state index contributed by atoms with van der Waals surface area (Å²) in [6.45, 7) is 0. The zero-order chi connectivity index (χ0) is 19.8. The summed E-state index contributed by atoms with van der Waals surface area (Å²) in [4.78, 5) is 12.7. The predicted molar refractivity (Wildman–Crippen MR) is 119 cm³/mol. The molecule has 0 radical (unpaired) electrons. The number of methoxy groups -OCH3 is 1. The maximum absolute atomic E-state index is 12.7. The molecule has 2 heteroatoms. The van der Waals surface area contributed by atoms with Crippen LogP contribution < -0.4 is 4.74 Å². The molecule has 1 atom stereocenters. The molecule has 0 saturated heterocycles. The maximum atomic E-state index is 12.7. The lowest BCUT2D eigenvalue weighted by Gasteiger charge is -2.24. The van der Waals surface area contributed by atoms with E-state index in [0.29, 0.717) is 6.42 Å². The molecule has 4 aromatic rings. The van der Waals surface area contributed by atoms with Crippen molar-refractivity contribution in [3.8, 4) is 5.75 Å². The number of hydrogen-bond acceptors (Lipinski definition) is 2. The number of rotatable bonds is 3. The Bertz CT molecular complexity index is 1250. The lowest BCUT2D eigenvalue weighted by molar-refractivity contribution is -0.115. The minimum absolute atomic E-state index is 0.193. The number of allylic oxidation sites excluding steroid dienone is 2. The van der Waals surface area contributed by atoms with E-state index in [1.54, 1.807) is 7.11 Å². The molecule has 0 unspecified atom stereocenters. The second-order valence-corrected chi connectivity index (χ2v) is 7.71. The summed E-state index contributed by atoms with van der Waals surface area (Å²) in [5.41, 5.74) is 3.49. The quantitative estimate of drug-likeness (QED) is 0.379. The Morgan fingerprint density at radius 1 is 0.793 bits per heavy atom. The number of hydrogen-bond donors (Lipinski definition) is 0. The van der Waals surface area contributed by atoms with Gasteiger partial charge in [0.25, 0.3) is 0 Å². The maximum Gasteiger partial charge on any atom is 0.156 e. The average Bonchev–Trinajstić information content (AvgIpc) is 2.78. The van der Waals surface area contributed by atoms with Gasteiger partial charge in [0.1, 0.15) is 5.75 Å². The van der Waals surface area contributed by atoms with Gasteiger partial charge in [-0.3, -0.25) is 4.79 Å². The van der Waals surface area contributed by atoms with Crippen LogP contribution >= 0.6 is 0 Å². The lowest BCUT2D eigenvalue weighted by atomic mass is 9.79. The van der Waals surface area contributed by atoms with Crippen LogP contribution in [0.1, 0.15) is 29.9 Å². The number of fused-ring (bicyclic) bond motifs is 3. The first-order chi connectivity index (χ1) is 14.2. The van der Waals surface area contributed by atoms with Gasteiger partial charge in [-0.15, -0.1) is 0 Å². The van der Waals surface area contributed by atoms with E-state index in [1.165, 1.54) is 32.7 Å². The molecular weight excluding hydrogens is 356 g/mol. The van der Waals surface area contributed by atoms with E-state index >= 15 is 0 Å². The zero-order valence-electron chi connectivity index (χ0n) is 16.4. The van der Waals surface area contributed by atoms with Crippen LogP contribution in [-0.2, 0) is 4.79 Å². The van der Waals surface area contributed by atoms with Crippen LogP contribution in [0, 0.1) is 0 Å². The molecular formula is C27H22O2. The fourth-order valence-corrected chi connectivity index (χ4v) is 4.51. The van der Waals surface area contributed by atoms with Crippen LogP contribution in [0.3, 0.4) is 0 Å². The van der Waals surface area contributed by atoms with Crippen molar-refractivity contribution in [1.82, 2.24) is 0 Å². The van der Waals surface area contributed by atoms with E-state index in [0.717, 1.165) is 17.7 Å². The van der Waals surface area contributed by atoms with Crippen molar-refractivity contribution in [3.63, 3.8) is 0 Å². The highest BCUT2D eigenvalue weighted by molar-refractivity contribution is 6.13. The zero-order valence-corrected chi connectivity index (χ0v) is 16.4. The number of benzene rings is 4. The normalized spacial score (nSPS) is 16.8. The first kappa shape index (κ1) is 17.7. The third kappa shape index (κ3) is 3.21. The van der Waals surface area contributed by atoms with Gasteiger partial charge in [-0.2, -0.15) is 0 Å². The summed E-state index contributed by atoms with van der Waals surface area (Å²) >= 11 is 0. The van der Waals surface area contributed by atoms with Crippen molar-refractivity contribution >= 4 is 32.9 Å². The molecule has 29 heavy (non-hydrogen) atoms. The van der Waals surface area contributed by atoms with Crippen molar-refractivity contribution in [2.24, 2.45) is 0 Å². The molecule has 4 aromatic carbocycles. The first-order valence-corrected chi connectivity index (χ1v) is 10.0. The Morgan fingerprint density at radius 2 is 1.48 bits per heavy atom. The van der Waals surface area contributed by atoms with E-state index in [1.807, 2.05) is 18.2 Å². The minimum atomic E-state index is 0.193.